The lowest BCUT2D eigenvalue weighted by Gasteiger charge is -2.15. The van der Waals surface area contributed by atoms with E-state index >= 15 is 0 Å². The molecule has 0 saturated heterocycles. The van der Waals surface area contributed by atoms with Crippen LogP contribution in [0.15, 0.2) is 40.9 Å². The lowest BCUT2D eigenvalue weighted by atomic mass is 9.97. The topological polar surface area (TPSA) is 35.2 Å². The first-order chi connectivity index (χ1) is 9.02. The molecule has 0 spiro atoms. The molecule has 0 heterocycles. The second-order valence-corrected chi connectivity index (χ2v) is 5.57. The minimum absolute atomic E-state index is 0.114. The second kappa shape index (κ2) is 5.76. The van der Waals surface area contributed by atoms with E-state index in [0.717, 1.165) is 26.9 Å². The van der Waals surface area contributed by atoms with Crippen LogP contribution in [0.3, 0.4) is 0 Å². The monoisotopic (exact) mass is 319 g/mol. The number of hydrogen-bond acceptors (Lipinski definition) is 2. The van der Waals surface area contributed by atoms with Crippen LogP contribution in [0, 0.1) is 13.8 Å². The highest BCUT2D eigenvalue weighted by molar-refractivity contribution is 9.10. The molecule has 0 fully saturated rings. The molecule has 2 aromatic rings. The Bertz CT molecular complexity index is 595. The molecular formula is C16H18BrNO. The summed E-state index contributed by atoms with van der Waals surface area (Å²) in [5.74, 6) is 0.892. The largest absolute Gasteiger partial charge is 0.496 e. The third-order valence-electron chi connectivity index (χ3n) is 3.32. The molecule has 3 heteroatoms. The quantitative estimate of drug-likeness (QED) is 0.923. The van der Waals surface area contributed by atoms with E-state index in [1.807, 2.05) is 25.1 Å². The average Bonchev–Trinajstić information content (AvgIpc) is 2.41. The molecule has 0 aliphatic heterocycles. The Morgan fingerprint density at radius 1 is 1.00 bits per heavy atom. The van der Waals surface area contributed by atoms with E-state index in [1.54, 1.807) is 7.11 Å². The molecule has 1 atom stereocenters. The van der Waals surface area contributed by atoms with Gasteiger partial charge < -0.3 is 10.5 Å². The van der Waals surface area contributed by atoms with Crippen LogP contribution in [0.1, 0.15) is 28.3 Å². The maximum atomic E-state index is 6.34. The van der Waals surface area contributed by atoms with Crippen LogP contribution in [0.4, 0.5) is 0 Å². The van der Waals surface area contributed by atoms with Crippen molar-refractivity contribution >= 4 is 15.9 Å². The van der Waals surface area contributed by atoms with Gasteiger partial charge in [-0.05, 0) is 48.2 Å². The minimum Gasteiger partial charge on any atom is -0.496 e. The number of nitrogens with two attached hydrogens (primary N) is 1. The summed E-state index contributed by atoms with van der Waals surface area (Å²) in [5, 5.41) is 0. The maximum absolute atomic E-state index is 6.34. The third kappa shape index (κ3) is 2.99. The van der Waals surface area contributed by atoms with Crippen LogP contribution >= 0.6 is 15.9 Å². The third-order valence-corrected chi connectivity index (χ3v) is 4.21. The summed E-state index contributed by atoms with van der Waals surface area (Å²) in [6.45, 7) is 4.10. The molecule has 0 aromatic heterocycles. The number of methoxy groups -OCH3 is 1. The standard InChI is InChI=1S/C16H18BrNO/c1-10-8-12(4-6-14(10)17)16(18)13-5-7-15(19-3)11(2)9-13/h4-9,16H,18H2,1-3H3. The van der Waals surface area contributed by atoms with Crippen molar-refractivity contribution in [2.24, 2.45) is 5.73 Å². The van der Waals surface area contributed by atoms with Crippen LogP contribution < -0.4 is 10.5 Å². The fourth-order valence-electron chi connectivity index (χ4n) is 2.15. The number of benzene rings is 2. The fourth-order valence-corrected chi connectivity index (χ4v) is 2.40. The molecule has 0 aliphatic carbocycles. The molecule has 2 nitrogen and oxygen atoms in total. The zero-order chi connectivity index (χ0) is 14.0. The van der Waals surface area contributed by atoms with Crippen molar-refractivity contribution in [3.8, 4) is 5.75 Å². The predicted molar refractivity (Wildman–Crippen MR) is 82.6 cm³/mol. The fraction of sp³-hybridized carbons (Fsp3) is 0.250. The second-order valence-electron chi connectivity index (χ2n) is 4.72. The van der Waals surface area contributed by atoms with Gasteiger partial charge in [0.1, 0.15) is 5.75 Å². The molecule has 1 unspecified atom stereocenters. The van der Waals surface area contributed by atoms with Gasteiger partial charge in [0, 0.05) is 4.47 Å². The van der Waals surface area contributed by atoms with Gasteiger partial charge in [-0.3, -0.25) is 0 Å². The molecule has 0 amide bonds. The van der Waals surface area contributed by atoms with Crippen molar-refractivity contribution in [2.75, 3.05) is 7.11 Å². The molecule has 2 aromatic carbocycles. The maximum Gasteiger partial charge on any atom is 0.121 e. The minimum atomic E-state index is -0.114. The SMILES string of the molecule is COc1ccc(C(N)c2ccc(Br)c(C)c2)cc1C. The number of ether oxygens (including phenoxy) is 1. The van der Waals surface area contributed by atoms with Gasteiger partial charge in [0.25, 0.3) is 0 Å². The van der Waals surface area contributed by atoms with Crippen molar-refractivity contribution in [3.63, 3.8) is 0 Å². The average molecular weight is 320 g/mol. The van der Waals surface area contributed by atoms with E-state index in [0.29, 0.717) is 0 Å². The smallest absolute Gasteiger partial charge is 0.121 e. The van der Waals surface area contributed by atoms with Crippen LogP contribution in [0.2, 0.25) is 0 Å². The van der Waals surface area contributed by atoms with Gasteiger partial charge in [0.05, 0.1) is 13.2 Å². The summed E-state index contributed by atoms with van der Waals surface area (Å²) in [7, 11) is 1.68. The van der Waals surface area contributed by atoms with Crippen LogP contribution in [-0.4, -0.2) is 7.11 Å². The zero-order valence-electron chi connectivity index (χ0n) is 11.4. The number of aryl methyl sites for hydroxylation is 2. The van der Waals surface area contributed by atoms with E-state index in [1.165, 1.54) is 5.56 Å². The number of halogens is 1. The summed E-state index contributed by atoms with van der Waals surface area (Å²) >= 11 is 3.51. The Hall–Kier alpha value is -1.32. The molecular weight excluding hydrogens is 302 g/mol. The summed E-state index contributed by atoms with van der Waals surface area (Å²) < 4.78 is 6.38. The lowest BCUT2D eigenvalue weighted by Crippen LogP contribution is -2.12. The summed E-state index contributed by atoms with van der Waals surface area (Å²) in [6.07, 6.45) is 0. The van der Waals surface area contributed by atoms with Gasteiger partial charge in [-0.1, -0.05) is 40.2 Å². The molecule has 0 aliphatic rings. The van der Waals surface area contributed by atoms with Gasteiger partial charge in [0.2, 0.25) is 0 Å². The normalized spacial score (nSPS) is 12.3. The van der Waals surface area contributed by atoms with Crippen molar-refractivity contribution in [2.45, 2.75) is 19.9 Å². The van der Waals surface area contributed by atoms with E-state index < -0.39 is 0 Å². The zero-order valence-corrected chi connectivity index (χ0v) is 13.0. The molecule has 19 heavy (non-hydrogen) atoms. The van der Waals surface area contributed by atoms with Crippen molar-refractivity contribution in [1.82, 2.24) is 0 Å². The van der Waals surface area contributed by atoms with Crippen molar-refractivity contribution < 1.29 is 4.74 Å². The Balaban J connectivity index is 2.35. The molecule has 2 N–H and O–H groups in total. The molecule has 0 bridgehead atoms. The summed E-state index contributed by atoms with van der Waals surface area (Å²) in [5.41, 5.74) is 10.8. The first-order valence-electron chi connectivity index (χ1n) is 6.19. The Labute approximate surface area is 122 Å². The molecule has 0 saturated carbocycles. The highest BCUT2D eigenvalue weighted by Gasteiger charge is 2.11. The van der Waals surface area contributed by atoms with E-state index in [9.17, 15) is 0 Å². The Kier molecular flexibility index (Phi) is 4.27. The van der Waals surface area contributed by atoms with Crippen LogP contribution in [0.5, 0.6) is 5.75 Å². The first kappa shape index (κ1) is 14.1. The molecule has 0 radical (unpaired) electrons. The van der Waals surface area contributed by atoms with Gasteiger partial charge in [-0.25, -0.2) is 0 Å². The highest BCUT2D eigenvalue weighted by atomic mass is 79.9. The van der Waals surface area contributed by atoms with Gasteiger partial charge in [0.15, 0.2) is 0 Å². The highest BCUT2D eigenvalue weighted by Crippen LogP contribution is 2.27. The molecule has 100 valence electrons. The molecule has 2 rings (SSSR count). The first-order valence-corrected chi connectivity index (χ1v) is 6.98. The Morgan fingerprint density at radius 2 is 1.58 bits per heavy atom. The van der Waals surface area contributed by atoms with Gasteiger partial charge >= 0.3 is 0 Å². The lowest BCUT2D eigenvalue weighted by molar-refractivity contribution is 0.411. The van der Waals surface area contributed by atoms with E-state index in [-0.39, 0.29) is 6.04 Å². The van der Waals surface area contributed by atoms with Crippen LogP contribution in [0.25, 0.3) is 0 Å². The van der Waals surface area contributed by atoms with E-state index in [4.69, 9.17) is 10.5 Å². The van der Waals surface area contributed by atoms with Gasteiger partial charge in [-0.15, -0.1) is 0 Å². The summed E-state index contributed by atoms with van der Waals surface area (Å²) in [6, 6.07) is 12.2. The van der Waals surface area contributed by atoms with E-state index in [2.05, 4.69) is 41.1 Å². The van der Waals surface area contributed by atoms with Gasteiger partial charge in [-0.2, -0.15) is 0 Å². The predicted octanol–water partition coefficient (Wildman–Crippen LogP) is 4.12. The number of hydrogen-bond donors (Lipinski definition) is 1. The van der Waals surface area contributed by atoms with Crippen LogP contribution in [-0.2, 0) is 0 Å². The summed E-state index contributed by atoms with van der Waals surface area (Å²) in [4.78, 5) is 0. The number of rotatable bonds is 3. The Morgan fingerprint density at radius 3 is 2.11 bits per heavy atom. The van der Waals surface area contributed by atoms with Crippen molar-refractivity contribution in [1.29, 1.82) is 0 Å². The van der Waals surface area contributed by atoms with Crippen molar-refractivity contribution in [3.05, 3.63) is 63.1 Å².